The molecule has 2 aromatic carbocycles. The lowest BCUT2D eigenvalue weighted by Crippen LogP contribution is -2.17. The maximum Gasteiger partial charge on any atom is 0.270 e. The van der Waals surface area contributed by atoms with Crippen molar-refractivity contribution in [2.24, 2.45) is 0 Å². The molecule has 166 valence electrons. The summed E-state index contributed by atoms with van der Waals surface area (Å²) in [6.45, 7) is 3.69. The Balaban J connectivity index is 1.84. The van der Waals surface area contributed by atoms with E-state index in [1.165, 1.54) is 30.3 Å². The Kier molecular flexibility index (Phi) is 5.94. The summed E-state index contributed by atoms with van der Waals surface area (Å²) >= 11 is 8.12. The first kappa shape index (κ1) is 23.0. The molecule has 0 unspecified atom stereocenters. The molecule has 0 saturated carbocycles. The maximum absolute atomic E-state index is 13.3. The fraction of sp³-hybridized carbons (Fsp3) is 0.100. The molecular weight excluding hydrogens is 587 g/mol. The van der Waals surface area contributed by atoms with E-state index in [1.54, 1.807) is 24.3 Å². The minimum Gasteiger partial charge on any atom is -0.247 e. The lowest BCUT2D eigenvalue weighted by Gasteiger charge is -2.11. The second-order valence-corrected chi connectivity index (χ2v) is 12.0. The van der Waals surface area contributed by atoms with Gasteiger partial charge >= 0.3 is 0 Å². The van der Waals surface area contributed by atoms with Crippen molar-refractivity contribution < 1.29 is 16.8 Å². The highest BCUT2D eigenvalue weighted by Gasteiger charge is 2.26. The Hall–Kier alpha value is -2.22. The van der Waals surface area contributed by atoms with Crippen molar-refractivity contribution in [1.29, 1.82) is 0 Å². The van der Waals surface area contributed by atoms with Crippen molar-refractivity contribution in [1.82, 2.24) is 13.9 Å². The van der Waals surface area contributed by atoms with Crippen molar-refractivity contribution >= 4 is 71.2 Å². The van der Waals surface area contributed by atoms with E-state index >= 15 is 0 Å². The van der Waals surface area contributed by atoms with Crippen molar-refractivity contribution in [2.45, 2.75) is 23.6 Å². The number of hydrogen-bond donors (Lipinski definition) is 1. The summed E-state index contributed by atoms with van der Waals surface area (Å²) in [5, 5.41) is 0.206. The van der Waals surface area contributed by atoms with Crippen molar-refractivity contribution in [3.05, 3.63) is 74.6 Å². The minimum atomic E-state index is -4.02. The fourth-order valence-corrected chi connectivity index (χ4v) is 6.80. The van der Waals surface area contributed by atoms with Gasteiger partial charge in [0.1, 0.15) is 5.15 Å². The van der Waals surface area contributed by atoms with Crippen LogP contribution in [0.25, 0.3) is 11.0 Å². The molecule has 0 bridgehead atoms. The second kappa shape index (κ2) is 8.28. The second-order valence-electron chi connectivity index (χ2n) is 7.04. The van der Waals surface area contributed by atoms with E-state index in [4.69, 9.17) is 11.6 Å². The molecule has 4 rings (SSSR count). The average Bonchev–Trinajstić information content (AvgIpc) is 3.05. The number of aromatic nitrogens is 3. The highest BCUT2D eigenvalue weighted by Crippen LogP contribution is 2.30. The Morgan fingerprint density at radius 2 is 1.41 bits per heavy atom. The smallest absolute Gasteiger partial charge is 0.247 e. The molecule has 32 heavy (non-hydrogen) atoms. The molecule has 2 aromatic heterocycles. The van der Waals surface area contributed by atoms with Crippen LogP contribution in [0.4, 0.5) is 5.95 Å². The zero-order chi connectivity index (χ0) is 23.3. The van der Waals surface area contributed by atoms with Gasteiger partial charge in [0.05, 0.1) is 18.9 Å². The monoisotopic (exact) mass is 602 g/mol. The highest BCUT2D eigenvalue weighted by atomic mass is 127. The predicted molar refractivity (Wildman–Crippen MR) is 131 cm³/mol. The van der Waals surface area contributed by atoms with E-state index in [0.717, 1.165) is 15.1 Å². The van der Waals surface area contributed by atoms with E-state index < -0.39 is 20.0 Å². The number of fused-ring (bicyclic) bond motifs is 1. The predicted octanol–water partition coefficient (Wildman–Crippen LogP) is 4.34. The van der Waals surface area contributed by atoms with Gasteiger partial charge in [-0.25, -0.2) is 25.5 Å². The largest absolute Gasteiger partial charge is 0.270 e. The lowest BCUT2D eigenvalue weighted by atomic mass is 10.2. The highest BCUT2D eigenvalue weighted by molar-refractivity contribution is 14.1. The number of anilines is 1. The first-order valence-electron chi connectivity index (χ1n) is 9.15. The zero-order valence-electron chi connectivity index (χ0n) is 16.7. The summed E-state index contributed by atoms with van der Waals surface area (Å²) in [6, 6.07) is 14.1. The van der Waals surface area contributed by atoms with Crippen LogP contribution in [0, 0.1) is 17.5 Å². The van der Waals surface area contributed by atoms with Crippen LogP contribution in [0.5, 0.6) is 0 Å². The Labute approximate surface area is 203 Å². The summed E-state index contributed by atoms with van der Waals surface area (Å²) in [4.78, 5) is 8.27. The van der Waals surface area contributed by atoms with Crippen molar-refractivity contribution in [3.8, 4) is 0 Å². The Morgan fingerprint density at radius 3 is 1.97 bits per heavy atom. The first-order chi connectivity index (χ1) is 15.0. The fourth-order valence-electron chi connectivity index (χ4n) is 2.98. The topological polar surface area (TPSA) is 111 Å². The summed E-state index contributed by atoms with van der Waals surface area (Å²) in [5.41, 5.74) is 1.78. The van der Waals surface area contributed by atoms with Crippen molar-refractivity contribution in [2.75, 3.05) is 4.72 Å². The molecule has 2 heterocycles. The number of aryl methyl sites for hydroxylation is 2. The van der Waals surface area contributed by atoms with E-state index in [9.17, 15) is 16.8 Å². The van der Waals surface area contributed by atoms with Crippen LogP contribution in [0.15, 0.2) is 64.4 Å². The van der Waals surface area contributed by atoms with Gasteiger partial charge < -0.3 is 0 Å². The number of halogens is 2. The third kappa shape index (κ3) is 4.21. The van der Waals surface area contributed by atoms with Gasteiger partial charge in [0.15, 0.2) is 5.65 Å². The number of sulfonamides is 1. The normalized spacial score (nSPS) is 12.2. The molecule has 0 saturated heterocycles. The molecule has 0 fully saturated rings. The molecule has 0 atom stereocenters. The number of nitrogens with zero attached hydrogens (tertiary/aromatic N) is 3. The number of nitrogens with one attached hydrogen (secondary N) is 1. The van der Waals surface area contributed by atoms with Gasteiger partial charge in [-0.2, -0.15) is 9.97 Å². The van der Waals surface area contributed by atoms with Gasteiger partial charge in [0.25, 0.3) is 20.0 Å². The van der Waals surface area contributed by atoms with Crippen LogP contribution in [-0.2, 0) is 20.0 Å². The summed E-state index contributed by atoms with van der Waals surface area (Å²) < 4.78 is 55.7. The molecule has 0 aliphatic carbocycles. The standard InChI is InChI=1S/C20H16ClIN4O4S2/c1-12-3-7-14(8-4-12)31(27,28)25-20-23-18(21)16-11-17(22)26(19(16)24-20)32(29,30)15-9-5-13(2)6-10-15/h3-11H,1-2H3,(H,23,24,25). The van der Waals surface area contributed by atoms with Crippen molar-refractivity contribution in [3.63, 3.8) is 0 Å². The SMILES string of the molecule is Cc1ccc(S(=O)(=O)Nc2nc(Cl)c3cc(I)n(S(=O)(=O)c4ccc(C)cc4)c3n2)cc1. The molecule has 0 aliphatic rings. The van der Waals surface area contributed by atoms with E-state index in [0.29, 0.717) is 3.70 Å². The van der Waals surface area contributed by atoms with E-state index in [1.807, 2.05) is 36.4 Å². The van der Waals surface area contributed by atoms with Gasteiger partial charge in [-0.1, -0.05) is 47.0 Å². The average molecular weight is 603 g/mol. The molecular formula is C20H16ClIN4O4S2. The molecule has 8 nitrogen and oxygen atoms in total. The number of hydrogen-bond acceptors (Lipinski definition) is 6. The molecule has 0 amide bonds. The molecule has 0 radical (unpaired) electrons. The third-order valence-electron chi connectivity index (χ3n) is 4.64. The van der Waals surface area contributed by atoms with Gasteiger partial charge in [-0.05, 0) is 66.8 Å². The summed E-state index contributed by atoms with van der Waals surface area (Å²) in [5.74, 6) is -0.335. The molecule has 12 heteroatoms. The van der Waals surface area contributed by atoms with Gasteiger partial charge in [-0.3, -0.25) is 0 Å². The maximum atomic E-state index is 13.3. The first-order valence-corrected chi connectivity index (χ1v) is 13.5. The van der Waals surface area contributed by atoms with Crippen LogP contribution in [0.2, 0.25) is 5.15 Å². The molecule has 1 N–H and O–H groups in total. The van der Waals surface area contributed by atoms with Crippen LogP contribution >= 0.6 is 34.2 Å². The number of rotatable bonds is 5. The Morgan fingerprint density at radius 1 is 0.875 bits per heavy atom. The summed E-state index contributed by atoms with van der Waals surface area (Å²) in [6.07, 6.45) is 0. The lowest BCUT2D eigenvalue weighted by molar-refractivity contribution is 0.587. The third-order valence-corrected chi connectivity index (χ3v) is 9.12. The molecule has 0 aliphatic heterocycles. The molecule has 0 spiro atoms. The van der Waals surface area contributed by atoms with Crippen LogP contribution in [-0.4, -0.2) is 30.8 Å². The molecule has 4 aromatic rings. The van der Waals surface area contributed by atoms with Gasteiger partial charge in [0, 0.05) is 0 Å². The van der Waals surface area contributed by atoms with Gasteiger partial charge in [-0.15, -0.1) is 0 Å². The van der Waals surface area contributed by atoms with E-state index in [-0.39, 0.29) is 31.9 Å². The van der Waals surface area contributed by atoms with Gasteiger partial charge in [0.2, 0.25) is 5.95 Å². The quantitative estimate of drug-likeness (QED) is 0.269. The minimum absolute atomic E-state index is 0.0140. The summed E-state index contributed by atoms with van der Waals surface area (Å²) in [7, 11) is -8.03. The van der Waals surface area contributed by atoms with Crippen LogP contribution in [0.3, 0.4) is 0 Å². The number of benzene rings is 2. The van der Waals surface area contributed by atoms with Crippen LogP contribution in [0.1, 0.15) is 11.1 Å². The van der Waals surface area contributed by atoms with E-state index in [2.05, 4.69) is 14.7 Å². The Bertz CT molecular complexity index is 1550. The zero-order valence-corrected chi connectivity index (χ0v) is 21.3. The van der Waals surface area contributed by atoms with Crippen LogP contribution < -0.4 is 4.72 Å².